The molecule has 19 rings (SSSR count). The molecule has 1 amide bonds. The molecule has 138 heavy (non-hydrogen) atoms. The molecule has 0 aliphatic carbocycles. The Morgan fingerprint density at radius 2 is 0.855 bits per heavy atom. The van der Waals surface area contributed by atoms with Crippen molar-refractivity contribution in [1.82, 2.24) is 104 Å². The molecule has 1 atom stereocenters. The van der Waals surface area contributed by atoms with Crippen molar-refractivity contribution in [2.75, 3.05) is 128 Å². The van der Waals surface area contributed by atoms with Gasteiger partial charge in [0.15, 0.2) is 11.6 Å². The molecule has 17 aromatic rings. The molecule has 1 unspecified atom stereocenters. The van der Waals surface area contributed by atoms with Crippen LogP contribution in [0.5, 0.6) is 34.5 Å². The van der Waals surface area contributed by atoms with Gasteiger partial charge in [0.25, 0.3) is 0 Å². The highest BCUT2D eigenvalue weighted by Crippen LogP contribution is 2.40. The molecule has 2 N–H and O–H groups in total. The molecule has 2 fully saturated rings. The van der Waals surface area contributed by atoms with Crippen molar-refractivity contribution in [2.24, 2.45) is 28.2 Å². The molecule has 0 radical (unpaired) electrons. The lowest BCUT2D eigenvalue weighted by molar-refractivity contribution is 0.143. The highest BCUT2D eigenvalue weighted by Gasteiger charge is 2.29. The van der Waals surface area contributed by atoms with Crippen LogP contribution in [0.4, 0.5) is 59.1 Å². The lowest BCUT2D eigenvalue weighted by atomic mass is 10.1. The summed E-state index contributed by atoms with van der Waals surface area (Å²) >= 11 is 0. The molecule has 34 nitrogen and oxygen atoms in total. The molecule has 0 saturated carbocycles. The average molecular weight is 1870 g/mol. The summed E-state index contributed by atoms with van der Waals surface area (Å²) in [5, 5.41) is 27.6. The van der Waals surface area contributed by atoms with E-state index in [0.29, 0.717) is 74.3 Å². The predicted molar refractivity (Wildman–Crippen MR) is 529 cm³/mol. The number of ether oxygens (including phenoxy) is 8. The fraction of sp³-hybridized carbons (Fsp3) is 0.294. The molecule has 2 saturated heterocycles. The predicted octanol–water partition coefficient (Wildman–Crippen LogP) is 16.9. The number of anilines is 8. The number of hydrogen-bond donors (Lipinski definition) is 2. The van der Waals surface area contributed by atoms with E-state index in [9.17, 15) is 13.6 Å². The third-order valence-electron chi connectivity index (χ3n) is 23.4. The second-order valence-corrected chi connectivity index (χ2v) is 33.6. The van der Waals surface area contributed by atoms with Gasteiger partial charge in [0.1, 0.15) is 34.9 Å². The molecule has 11 heterocycles. The van der Waals surface area contributed by atoms with Gasteiger partial charge in [0.05, 0.1) is 191 Å². The maximum atomic E-state index is 14.3. The minimum Gasteiger partial charge on any atom is -0.497 e. The lowest BCUT2D eigenvalue weighted by Gasteiger charge is -2.28. The number of methoxy groups -OCH3 is 7. The maximum absolute atomic E-state index is 14.3. The number of carbonyl (C=O) groups excluding carboxylic acids is 1. The number of hydrogen-bond acceptors (Lipinski definition) is 28. The smallest absolute Gasteiger partial charge is 0.407 e. The minimum atomic E-state index is -1.01. The summed E-state index contributed by atoms with van der Waals surface area (Å²) in [5.41, 5.74) is 22.1. The van der Waals surface area contributed by atoms with Crippen molar-refractivity contribution >= 4 is 95.7 Å². The molecule has 0 bridgehead atoms. The molecule has 8 aromatic carbocycles. The Hall–Kier alpha value is -15.8. The third-order valence-corrected chi connectivity index (χ3v) is 23.4. The maximum Gasteiger partial charge on any atom is 0.407 e. The Morgan fingerprint density at radius 3 is 1.24 bits per heavy atom. The Balaban J connectivity index is 0.000000133. The summed E-state index contributed by atoms with van der Waals surface area (Å²) in [6.45, 7) is 14.4. The number of cyclic esters (lactones) is 1. The Bertz CT molecular complexity index is 7040. The van der Waals surface area contributed by atoms with Crippen LogP contribution in [0.1, 0.15) is 44.4 Å². The van der Waals surface area contributed by atoms with Gasteiger partial charge in [-0.1, -0.05) is 13.8 Å². The fourth-order valence-corrected chi connectivity index (χ4v) is 16.4. The van der Waals surface area contributed by atoms with Crippen LogP contribution < -0.4 is 58.7 Å². The van der Waals surface area contributed by atoms with Gasteiger partial charge in [-0.3, -0.25) is 43.3 Å². The van der Waals surface area contributed by atoms with Crippen LogP contribution in [0, 0.1) is 18.6 Å². The summed E-state index contributed by atoms with van der Waals surface area (Å²) in [6.07, 6.45) is 26.7. The van der Waals surface area contributed by atoms with Gasteiger partial charge in [-0.2, -0.15) is 29.9 Å². The Labute approximate surface area is 797 Å². The fourth-order valence-electron chi connectivity index (χ4n) is 16.4. The standard InChI is InChI=1S/C28H34N6O2.C26H27N7O2.C24H26F2N6O.C24H24N6O4/c1-32-19-22(17-30-32)28-18-29-26-8-7-23(16-27(26)31-28)34(12-6-11-33-9-4-5-10-33)24-13-21(20-35-2)14-25(15-24)36-3;1-18-7-8-32(30-18)9-10-33(21-11-22(34-3)14-23(12-21)35-4)20-5-6-24-25(13-20)29-26(16-27-24)19-15-28-31(2)17-19;1-15(2)27-7-8-32(18-9-19(25)24(26)23(11-18)33-4)17-5-6-20-21(10-17)30-22(13-28-20)16-12-29-31(3)14-16;1-29-13-15(10-27-29)23-12-25-21-5-4-16(8-22(21)28-23)30(14-20-11-26-24(31)34-20)17-6-18(32-2)9-19(7-17)33-3/h7-8,13-19H,4-6,9-12,20H2,1-3H3;5-8,11-17H,9-10H2,1-4H3;5-6,9-15,27H,7-8H2,1-4H3;4-10,12-13,20H,11,14H2,1-3H3,(H,26,31). The largest absolute Gasteiger partial charge is 0.497 e. The number of carbonyl (C=O) groups is 1. The first-order valence-corrected chi connectivity index (χ1v) is 45.2. The molecule has 0 spiro atoms. The zero-order chi connectivity index (χ0) is 96.5. The van der Waals surface area contributed by atoms with Crippen molar-refractivity contribution in [3.8, 4) is 79.5 Å². The van der Waals surface area contributed by atoms with Gasteiger partial charge in [-0.05, 0) is 142 Å². The topological polar surface area (TPSA) is 323 Å². The number of aryl methyl sites for hydroxylation is 5. The van der Waals surface area contributed by atoms with Crippen LogP contribution in [-0.4, -0.2) is 221 Å². The number of nitrogens with zero attached hydrogens (tertiary/aromatic N) is 23. The van der Waals surface area contributed by atoms with Crippen LogP contribution in [0.25, 0.3) is 89.2 Å². The summed E-state index contributed by atoms with van der Waals surface area (Å²) in [5.74, 6) is 1.45. The SMILES string of the molecule is COCc1cc(OC)cc(N(CCCN2CCCC2)c2ccc3ncc(-c4cnn(C)c4)nc3c2)c1.COc1cc(N(CCNC(C)C)c2ccc3ncc(-c4cnn(C)c4)nc3c2)cc(F)c1F.COc1cc(OC)cc(N(CC2CNC(=O)O2)c2ccc3ncc(-c4cnn(C)c4)nc3c2)c1.COc1cc(OC)cc(N(CCn2ccc(C)n2)c2ccc3ncc(-c4cnn(C)c4)nc3c2)c1. The number of nitrogens with one attached hydrogen (secondary N) is 2. The molecule has 9 aromatic heterocycles. The minimum absolute atomic E-state index is 0.147. The first kappa shape index (κ1) is 95.3. The average Bonchev–Trinajstić information content (AvgIpc) is 1.63. The van der Waals surface area contributed by atoms with Crippen molar-refractivity contribution in [2.45, 2.75) is 65.3 Å². The number of likely N-dealkylation sites (tertiary alicyclic amines) is 1. The van der Waals surface area contributed by atoms with Gasteiger partial charge < -0.3 is 73.0 Å². The molecule has 36 heteroatoms. The highest BCUT2D eigenvalue weighted by molar-refractivity contribution is 5.87. The normalized spacial score (nSPS) is 12.9. The number of fused-ring (bicyclic) bond motifs is 4. The molecule has 2 aliphatic heterocycles. The van der Waals surface area contributed by atoms with Crippen LogP contribution >= 0.6 is 0 Å². The summed E-state index contributed by atoms with van der Waals surface area (Å²) in [6, 6.07) is 46.7. The number of alkyl carbamates (subject to hydrolysis) is 1. The van der Waals surface area contributed by atoms with E-state index >= 15 is 0 Å². The first-order chi connectivity index (χ1) is 67.0. The van der Waals surface area contributed by atoms with Crippen LogP contribution in [-0.2, 0) is 50.8 Å². The van der Waals surface area contributed by atoms with Crippen LogP contribution in [0.15, 0.2) is 226 Å². The number of rotatable bonds is 33. The van der Waals surface area contributed by atoms with Gasteiger partial charge in [0.2, 0.25) is 5.82 Å². The van der Waals surface area contributed by atoms with E-state index < -0.39 is 17.7 Å². The Kier molecular flexibility index (Phi) is 30.5. The van der Waals surface area contributed by atoms with E-state index in [-0.39, 0.29) is 17.9 Å². The van der Waals surface area contributed by atoms with E-state index in [1.165, 1.54) is 45.2 Å². The quantitative estimate of drug-likeness (QED) is 0.0386. The first-order valence-electron chi connectivity index (χ1n) is 45.2. The lowest BCUT2D eigenvalue weighted by Crippen LogP contribution is -2.32. The number of aromatic nitrogens is 18. The van der Waals surface area contributed by atoms with E-state index in [1.807, 2.05) is 190 Å². The summed E-state index contributed by atoms with van der Waals surface area (Å²) in [4.78, 5) is 60.5. The van der Waals surface area contributed by atoms with Crippen LogP contribution in [0.3, 0.4) is 0 Å². The van der Waals surface area contributed by atoms with Crippen molar-refractivity contribution in [3.05, 3.63) is 249 Å². The van der Waals surface area contributed by atoms with Crippen molar-refractivity contribution in [1.29, 1.82) is 0 Å². The second kappa shape index (κ2) is 44.1. The number of benzene rings is 8. The van der Waals surface area contributed by atoms with Crippen LogP contribution in [0.2, 0.25) is 0 Å². The van der Waals surface area contributed by atoms with Gasteiger partial charge in [-0.15, -0.1) is 0 Å². The van der Waals surface area contributed by atoms with Crippen molar-refractivity contribution in [3.63, 3.8) is 0 Å². The van der Waals surface area contributed by atoms with E-state index in [0.717, 1.165) is 166 Å². The zero-order valence-corrected chi connectivity index (χ0v) is 79.6. The molecular formula is C102H111F2N25O9. The Morgan fingerprint density at radius 1 is 0.449 bits per heavy atom. The summed E-state index contributed by atoms with van der Waals surface area (Å²) in [7, 11) is 18.8. The van der Waals surface area contributed by atoms with Gasteiger partial charge in [-0.25, -0.2) is 29.1 Å². The van der Waals surface area contributed by atoms with E-state index in [2.05, 4.69) is 121 Å². The van der Waals surface area contributed by atoms with Gasteiger partial charge >= 0.3 is 6.09 Å². The number of halogens is 2. The second-order valence-electron chi connectivity index (χ2n) is 33.6. The van der Waals surface area contributed by atoms with E-state index in [1.54, 1.807) is 98.6 Å². The van der Waals surface area contributed by atoms with Gasteiger partial charge in [0, 0.05) is 221 Å². The monoisotopic (exact) mass is 1870 g/mol. The zero-order valence-electron chi connectivity index (χ0n) is 79.6. The molecule has 712 valence electrons. The highest BCUT2D eigenvalue weighted by atomic mass is 19.2. The molecule has 2 aliphatic rings. The summed E-state index contributed by atoms with van der Waals surface area (Å²) < 4.78 is 80.8. The third kappa shape index (κ3) is 23.6. The van der Waals surface area contributed by atoms with Crippen molar-refractivity contribution < 1.29 is 51.5 Å². The number of amides is 1. The molecular weight excluding hydrogens is 1760 g/mol. The van der Waals surface area contributed by atoms with E-state index in [4.69, 9.17) is 57.8 Å².